The van der Waals surface area contributed by atoms with E-state index in [4.69, 9.17) is 11.6 Å². The zero-order valence-electron chi connectivity index (χ0n) is 5.44. The van der Waals surface area contributed by atoms with Gasteiger partial charge in [0.15, 0.2) is 0 Å². The predicted octanol–water partition coefficient (Wildman–Crippen LogP) is 2.50. The van der Waals surface area contributed by atoms with Crippen molar-refractivity contribution in [1.82, 2.24) is 4.37 Å². The lowest BCUT2D eigenvalue weighted by Gasteiger charge is -1.89. The van der Waals surface area contributed by atoms with Gasteiger partial charge in [-0.1, -0.05) is 0 Å². The molecule has 0 spiro atoms. The Bertz CT molecular complexity index is 187. The Labute approximate surface area is 63.8 Å². The molecule has 0 aliphatic rings. The molecule has 1 nitrogen and oxygen atoms in total. The summed E-state index contributed by atoms with van der Waals surface area (Å²) in [5, 5.41) is 0. The van der Waals surface area contributed by atoms with Crippen LogP contribution in [-0.2, 0) is 5.88 Å². The lowest BCUT2D eigenvalue weighted by atomic mass is 10.2. The van der Waals surface area contributed by atoms with Crippen molar-refractivity contribution in [3.63, 3.8) is 0 Å². The molecule has 0 amide bonds. The van der Waals surface area contributed by atoms with Crippen LogP contribution in [-0.4, -0.2) is 4.37 Å². The summed E-state index contributed by atoms with van der Waals surface area (Å²) in [7, 11) is 0. The first-order chi connectivity index (χ1) is 4.25. The molecule has 0 saturated carbocycles. The summed E-state index contributed by atoms with van der Waals surface area (Å²) in [6.45, 7) is 4.03. The van der Waals surface area contributed by atoms with Crippen molar-refractivity contribution in [3.8, 4) is 0 Å². The number of rotatable bonds is 1. The molecule has 0 radical (unpaired) electrons. The largest absolute Gasteiger partial charge is 0.197 e. The third-order valence-corrected chi connectivity index (χ3v) is 2.47. The van der Waals surface area contributed by atoms with E-state index >= 15 is 0 Å². The van der Waals surface area contributed by atoms with Crippen LogP contribution in [0.15, 0.2) is 0 Å². The van der Waals surface area contributed by atoms with Gasteiger partial charge in [0.25, 0.3) is 0 Å². The molecule has 0 bridgehead atoms. The minimum Gasteiger partial charge on any atom is -0.197 e. The normalized spacial score (nSPS) is 10.1. The van der Waals surface area contributed by atoms with Gasteiger partial charge in [-0.3, -0.25) is 0 Å². The van der Waals surface area contributed by atoms with Crippen molar-refractivity contribution in [3.05, 3.63) is 16.1 Å². The molecule has 0 N–H and O–H groups in total. The summed E-state index contributed by atoms with van der Waals surface area (Å²) in [5.74, 6) is 0.591. The fourth-order valence-electron chi connectivity index (χ4n) is 0.693. The van der Waals surface area contributed by atoms with Crippen LogP contribution >= 0.6 is 23.1 Å². The molecule has 0 fully saturated rings. The van der Waals surface area contributed by atoms with Gasteiger partial charge in [-0.2, -0.15) is 4.37 Å². The zero-order valence-corrected chi connectivity index (χ0v) is 7.01. The van der Waals surface area contributed by atoms with E-state index in [9.17, 15) is 0 Å². The molecule has 1 aromatic rings. The van der Waals surface area contributed by atoms with Gasteiger partial charge in [-0.15, -0.1) is 11.6 Å². The number of aryl methyl sites for hydroxylation is 2. The van der Waals surface area contributed by atoms with Crippen molar-refractivity contribution in [2.24, 2.45) is 0 Å². The van der Waals surface area contributed by atoms with Crippen LogP contribution in [0.2, 0.25) is 0 Å². The standard InChI is InChI=1S/C6H8ClNS/c1-4-6(3-7)5(2)9-8-4/h3H2,1-2H3. The maximum Gasteiger partial charge on any atom is 0.0558 e. The second-order valence-corrected chi connectivity index (χ2v) is 3.18. The van der Waals surface area contributed by atoms with Crippen LogP contribution < -0.4 is 0 Å². The van der Waals surface area contributed by atoms with Gasteiger partial charge in [0.05, 0.1) is 11.6 Å². The van der Waals surface area contributed by atoms with Gasteiger partial charge in [0.2, 0.25) is 0 Å². The Morgan fingerprint density at radius 3 is 2.44 bits per heavy atom. The average Bonchev–Trinajstić information content (AvgIpc) is 2.12. The maximum atomic E-state index is 5.65. The highest BCUT2D eigenvalue weighted by Gasteiger charge is 2.03. The van der Waals surface area contributed by atoms with Crippen molar-refractivity contribution in [2.45, 2.75) is 19.7 Å². The molecule has 0 atom stereocenters. The Morgan fingerprint density at radius 2 is 2.22 bits per heavy atom. The minimum absolute atomic E-state index is 0.591. The summed E-state index contributed by atoms with van der Waals surface area (Å²) in [5.41, 5.74) is 2.27. The van der Waals surface area contributed by atoms with Crippen LogP contribution in [0.1, 0.15) is 16.1 Å². The van der Waals surface area contributed by atoms with E-state index in [1.165, 1.54) is 22.0 Å². The number of hydrogen-bond donors (Lipinski definition) is 0. The lowest BCUT2D eigenvalue weighted by Crippen LogP contribution is -1.79. The summed E-state index contributed by atoms with van der Waals surface area (Å²) in [4.78, 5) is 1.24. The number of aromatic nitrogens is 1. The fraction of sp³-hybridized carbons (Fsp3) is 0.500. The van der Waals surface area contributed by atoms with Crippen LogP contribution in [0.25, 0.3) is 0 Å². The van der Waals surface area contributed by atoms with E-state index in [1.807, 2.05) is 13.8 Å². The average molecular weight is 162 g/mol. The molecule has 3 heteroatoms. The van der Waals surface area contributed by atoms with E-state index in [2.05, 4.69) is 4.37 Å². The first-order valence-corrected chi connectivity index (χ1v) is 4.04. The molecular weight excluding hydrogens is 154 g/mol. The molecule has 1 heterocycles. The monoisotopic (exact) mass is 161 g/mol. The molecular formula is C6H8ClNS. The number of alkyl halides is 1. The quantitative estimate of drug-likeness (QED) is 0.577. The van der Waals surface area contributed by atoms with Gasteiger partial charge >= 0.3 is 0 Å². The fourth-order valence-corrected chi connectivity index (χ4v) is 1.88. The highest BCUT2D eigenvalue weighted by atomic mass is 35.5. The number of halogens is 1. The minimum atomic E-state index is 0.591. The van der Waals surface area contributed by atoms with Gasteiger partial charge in [-0.25, -0.2) is 0 Å². The van der Waals surface area contributed by atoms with Crippen LogP contribution in [0.3, 0.4) is 0 Å². The first-order valence-electron chi connectivity index (χ1n) is 2.73. The molecule has 0 saturated heterocycles. The first kappa shape index (κ1) is 7.03. The van der Waals surface area contributed by atoms with E-state index < -0.39 is 0 Å². The molecule has 1 rings (SSSR count). The Balaban J connectivity index is 3.07. The molecule has 9 heavy (non-hydrogen) atoms. The third-order valence-electron chi connectivity index (χ3n) is 1.31. The van der Waals surface area contributed by atoms with Crippen molar-refractivity contribution in [1.29, 1.82) is 0 Å². The summed E-state index contributed by atoms with van der Waals surface area (Å²) in [6.07, 6.45) is 0. The maximum absolute atomic E-state index is 5.65. The predicted molar refractivity (Wildman–Crippen MR) is 41.1 cm³/mol. The molecule has 50 valence electrons. The van der Waals surface area contributed by atoms with Crippen molar-refractivity contribution >= 4 is 23.1 Å². The van der Waals surface area contributed by atoms with Gasteiger partial charge in [0, 0.05) is 10.4 Å². The van der Waals surface area contributed by atoms with Crippen LogP contribution in [0, 0.1) is 13.8 Å². The van der Waals surface area contributed by atoms with E-state index in [0.29, 0.717) is 5.88 Å². The molecule has 0 aliphatic heterocycles. The van der Waals surface area contributed by atoms with E-state index in [1.54, 1.807) is 0 Å². The number of hydrogen-bond acceptors (Lipinski definition) is 2. The van der Waals surface area contributed by atoms with Crippen molar-refractivity contribution in [2.75, 3.05) is 0 Å². The highest BCUT2D eigenvalue weighted by molar-refractivity contribution is 7.05. The van der Waals surface area contributed by atoms with E-state index in [0.717, 1.165) is 5.69 Å². The summed E-state index contributed by atoms with van der Waals surface area (Å²) in [6, 6.07) is 0. The SMILES string of the molecule is Cc1nsc(C)c1CCl. The van der Waals surface area contributed by atoms with E-state index in [-0.39, 0.29) is 0 Å². The molecule has 0 unspecified atom stereocenters. The smallest absolute Gasteiger partial charge is 0.0558 e. The highest BCUT2D eigenvalue weighted by Crippen LogP contribution is 2.18. The molecule has 0 aliphatic carbocycles. The summed E-state index contributed by atoms with van der Waals surface area (Å²) >= 11 is 7.17. The van der Waals surface area contributed by atoms with Gasteiger partial charge in [-0.05, 0) is 25.4 Å². The van der Waals surface area contributed by atoms with Gasteiger partial charge < -0.3 is 0 Å². The second kappa shape index (κ2) is 2.67. The zero-order chi connectivity index (χ0) is 6.85. The topological polar surface area (TPSA) is 12.9 Å². The van der Waals surface area contributed by atoms with Gasteiger partial charge in [0.1, 0.15) is 0 Å². The lowest BCUT2D eigenvalue weighted by molar-refractivity contribution is 1.23. The third kappa shape index (κ3) is 1.25. The molecule has 1 aromatic heterocycles. The second-order valence-electron chi connectivity index (χ2n) is 1.94. The summed E-state index contributed by atoms with van der Waals surface area (Å²) < 4.78 is 4.14. The number of nitrogens with zero attached hydrogens (tertiary/aromatic N) is 1. The Morgan fingerprint density at radius 1 is 1.56 bits per heavy atom. The van der Waals surface area contributed by atoms with Crippen molar-refractivity contribution < 1.29 is 0 Å². The van der Waals surface area contributed by atoms with Crippen LogP contribution in [0.4, 0.5) is 0 Å². The molecule has 0 aromatic carbocycles. The Hall–Kier alpha value is -0.0800. The van der Waals surface area contributed by atoms with Crippen LogP contribution in [0.5, 0.6) is 0 Å². The Kier molecular flexibility index (Phi) is 2.09.